The maximum absolute atomic E-state index is 5.79. The predicted molar refractivity (Wildman–Crippen MR) is 114 cm³/mol. The van der Waals surface area contributed by atoms with Crippen molar-refractivity contribution in [3.05, 3.63) is 82.4 Å². The Morgan fingerprint density at radius 1 is 1.00 bits per heavy atom. The smallest absolute Gasteiger partial charge is 0.174 e. The first-order valence-corrected chi connectivity index (χ1v) is 9.60. The van der Waals surface area contributed by atoms with Crippen molar-refractivity contribution in [2.24, 2.45) is 0 Å². The van der Waals surface area contributed by atoms with Crippen molar-refractivity contribution < 1.29 is 0 Å². The van der Waals surface area contributed by atoms with Crippen LogP contribution in [0.3, 0.4) is 0 Å². The van der Waals surface area contributed by atoms with Gasteiger partial charge in [-0.15, -0.1) is 0 Å². The summed E-state index contributed by atoms with van der Waals surface area (Å²) in [5.41, 5.74) is 8.14. The zero-order valence-electron chi connectivity index (χ0n) is 16.1. The number of aryl methyl sites for hydroxylation is 4. The Morgan fingerprint density at radius 3 is 2.33 bits per heavy atom. The summed E-state index contributed by atoms with van der Waals surface area (Å²) in [5, 5.41) is 4.26. The van der Waals surface area contributed by atoms with Gasteiger partial charge in [-0.1, -0.05) is 12.1 Å². The number of H-pyrrole nitrogens is 1. The molecule has 1 fully saturated rings. The Balaban J connectivity index is 1.88. The lowest BCUT2D eigenvalue weighted by molar-refractivity contribution is 0.566. The van der Waals surface area contributed by atoms with E-state index in [0.29, 0.717) is 0 Å². The molecule has 5 heteroatoms. The van der Waals surface area contributed by atoms with E-state index in [0.717, 1.165) is 22.2 Å². The Bertz CT molecular complexity index is 973. The maximum Gasteiger partial charge on any atom is 0.174 e. The summed E-state index contributed by atoms with van der Waals surface area (Å²) in [6.45, 7) is 8.47. The average Bonchev–Trinajstić information content (AvgIpc) is 3.13. The zero-order chi connectivity index (χ0) is 19.1. The van der Waals surface area contributed by atoms with Gasteiger partial charge in [0.15, 0.2) is 5.11 Å². The van der Waals surface area contributed by atoms with Gasteiger partial charge in [-0.25, -0.2) is 0 Å². The molecule has 0 aliphatic carbocycles. The van der Waals surface area contributed by atoms with Crippen LogP contribution in [0.25, 0.3) is 0 Å². The first-order chi connectivity index (χ1) is 12.9. The van der Waals surface area contributed by atoms with Gasteiger partial charge in [0, 0.05) is 23.3 Å². The molecule has 1 saturated heterocycles. The quantitative estimate of drug-likeness (QED) is 0.643. The highest BCUT2D eigenvalue weighted by molar-refractivity contribution is 7.80. The molecule has 2 atom stereocenters. The van der Waals surface area contributed by atoms with Crippen molar-refractivity contribution in [1.29, 1.82) is 0 Å². The van der Waals surface area contributed by atoms with Crippen LogP contribution in [-0.2, 0) is 0 Å². The van der Waals surface area contributed by atoms with Gasteiger partial charge in [0.25, 0.3) is 0 Å². The minimum absolute atomic E-state index is 0.00609. The van der Waals surface area contributed by atoms with Crippen LogP contribution in [-0.4, -0.2) is 15.1 Å². The third-order valence-corrected chi connectivity index (χ3v) is 5.41. The van der Waals surface area contributed by atoms with Gasteiger partial charge in [0.1, 0.15) is 0 Å². The van der Waals surface area contributed by atoms with Crippen LogP contribution < -0.4 is 10.2 Å². The van der Waals surface area contributed by atoms with Gasteiger partial charge >= 0.3 is 0 Å². The molecule has 27 heavy (non-hydrogen) atoms. The number of nitrogens with one attached hydrogen (secondary N) is 2. The number of aromatic amines is 1. The van der Waals surface area contributed by atoms with Crippen LogP contribution in [0.5, 0.6) is 0 Å². The molecule has 0 amide bonds. The summed E-state index contributed by atoms with van der Waals surface area (Å²) in [6.07, 6.45) is 1.84. The molecule has 0 saturated carbocycles. The van der Waals surface area contributed by atoms with Crippen LogP contribution in [0.1, 0.15) is 45.9 Å². The molecular weight excluding hydrogens is 352 g/mol. The number of anilines is 1. The number of thiocarbonyl (C=S) groups is 1. The minimum Gasteiger partial charge on any atom is -0.362 e. The van der Waals surface area contributed by atoms with Crippen molar-refractivity contribution in [2.75, 3.05) is 4.90 Å². The lowest BCUT2D eigenvalue weighted by Crippen LogP contribution is -2.29. The molecule has 3 aromatic rings. The van der Waals surface area contributed by atoms with Crippen molar-refractivity contribution in [1.82, 2.24) is 15.3 Å². The summed E-state index contributed by atoms with van der Waals surface area (Å²) in [7, 11) is 0. The topological polar surface area (TPSA) is 44.0 Å². The van der Waals surface area contributed by atoms with Gasteiger partial charge in [0.05, 0.1) is 17.8 Å². The number of nitrogens with zero attached hydrogens (tertiary/aromatic N) is 2. The minimum atomic E-state index is -0.00609. The number of hydrogen-bond donors (Lipinski definition) is 2. The number of benzene rings is 1. The van der Waals surface area contributed by atoms with Gasteiger partial charge in [-0.05, 0) is 86.9 Å². The second-order valence-electron chi connectivity index (χ2n) is 7.38. The third-order valence-electron chi connectivity index (χ3n) is 5.09. The van der Waals surface area contributed by atoms with E-state index in [1.807, 2.05) is 18.3 Å². The van der Waals surface area contributed by atoms with Crippen molar-refractivity contribution in [3.63, 3.8) is 0 Å². The highest BCUT2D eigenvalue weighted by Crippen LogP contribution is 2.43. The molecule has 0 unspecified atom stereocenters. The van der Waals surface area contributed by atoms with Crippen LogP contribution >= 0.6 is 12.2 Å². The summed E-state index contributed by atoms with van der Waals surface area (Å²) >= 11 is 5.79. The first-order valence-electron chi connectivity index (χ1n) is 9.19. The summed E-state index contributed by atoms with van der Waals surface area (Å²) in [4.78, 5) is 10.3. The van der Waals surface area contributed by atoms with Crippen LogP contribution in [0, 0.1) is 27.7 Å². The highest BCUT2D eigenvalue weighted by atomic mass is 32.1. The van der Waals surface area contributed by atoms with Crippen molar-refractivity contribution >= 4 is 23.0 Å². The maximum atomic E-state index is 5.79. The second-order valence-corrected chi connectivity index (χ2v) is 7.76. The molecule has 0 spiro atoms. The molecule has 0 bridgehead atoms. The van der Waals surface area contributed by atoms with E-state index in [9.17, 15) is 0 Å². The number of aromatic nitrogens is 2. The van der Waals surface area contributed by atoms with Crippen molar-refractivity contribution in [3.8, 4) is 0 Å². The fourth-order valence-corrected chi connectivity index (χ4v) is 4.44. The monoisotopic (exact) mass is 376 g/mol. The summed E-state index contributed by atoms with van der Waals surface area (Å²) in [5.74, 6) is 0. The van der Waals surface area contributed by atoms with Crippen LogP contribution in [0.15, 0.2) is 48.7 Å². The summed E-state index contributed by atoms with van der Waals surface area (Å²) < 4.78 is 0. The molecule has 1 aliphatic heterocycles. The number of pyridine rings is 1. The molecule has 0 radical (unpaired) electrons. The molecule has 138 valence electrons. The van der Waals surface area contributed by atoms with E-state index < -0.39 is 0 Å². The van der Waals surface area contributed by atoms with Gasteiger partial charge in [-0.2, -0.15) is 0 Å². The Kier molecular flexibility index (Phi) is 4.48. The normalized spacial score (nSPS) is 19.4. The van der Waals surface area contributed by atoms with E-state index >= 15 is 0 Å². The van der Waals surface area contributed by atoms with Gasteiger partial charge < -0.3 is 15.2 Å². The SMILES string of the molecule is Cc1cc(C)cc(N2C(=S)N[C@H](c3ccccn3)[C@H]2c2cc(C)[nH]c2C)c1. The Labute approximate surface area is 165 Å². The van der Waals surface area contributed by atoms with E-state index in [-0.39, 0.29) is 12.1 Å². The fourth-order valence-electron chi connectivity index (χ4n) is 4.09. The second kappa shape index (κ2) is 6.82. The van der Waals surface area contributed by atoms with E-state index in [2.05, 4.69) is 78.2 Å². The molecule has 2 N–H and O–H groups in total. The number of hydrogen-bond acceptors (Lipinski definition) is 2. The van der Waals surface area contributed by atoms with Gasteiger partial charge in [0.2, 0.25) is 0 Å². The van der Waals surface area contributed by atoms with E-state index in [4.69, 9.17) is 12.2 Å². The first kappa shape index (κ1) is 17.7. The lowest BCUT2D eigenvalue weighted by atomic mass is 9.96. The summed E-state index contributed by atoms with van der Waals surface area (Å²) in [6, 6.07) is 14.9. The molecular formula is C22H24N4S. The fraction of sp³-hybridized carbons (Fsp3) is 0.273. The average molecular weight is 377 g/mol. The Morgan fingerprint density at radius 2 is 1.74 bits per heavy atom. The Hall–Kier alpha value is -2.66. The van der Waals surface area contributed by atoms with Crippen LogP contribution in [0.4, 0.5) is 5.69 Å². The van der Waals surface area contributed by atoms with Crippen molar-refractivity contribution in [2.45, 2.75) is 39.8 Å². The lowest BCUT2D eigenvalue weighted by Gasteiger charge is -2.28. The molecule has 4 nitrogen and oxygen atoms in total. The zero-order valence-corrected chi connectivity index (χ0v) is 16.9. The van der Waals surface area contributed by atoms with Gasteiger partial charge in [-0.3, -0.25) is 4.98 Å². The molecule has 1 aliphatic rings. The molecule has 2 aromatic heterocycles. The molecule has 1 aromatic carbocycles. The largest absolute Gasteiger partial charge is 0.362 e. The third kappa shape index (κ3) is 3.23. The highest BCUT2D eigenvalue weighted by Gasteiger charge is 2.41. The van der Waals surface area contributed by atoms with E-state index in [1.165, 1.54) is 22.4 Å². The number of rotatable bonds is 3. The standard InChI is InChI=1S/C22H24N4S/c1-13-9-14(2)11-17(10-13)26-21(18-12-15(3)24-16(18)4)20(25-22(26)27)19-7-5-6-8-23-19/h5-12,20-21,24H,1-4H3,(H,25,27)/t20-,21-/m1/s1. The van der Waals surface area contributed by atoms with E-state index in [1.54, 1.807) is 0 Å². The predicted octanol–water partition coefficient (Wildman–Crippen LogP) is 4.82. The molecule has 3 heterocycles. The van der Waals surface area contributed by atoms with Crippen LogP contribution in [0.2, 0.25) is 0 Å². The molecule has 4 rings (SSSR count).